The molecule has 0 N–H and O–H groups in total. The van der Waals surface area contributed by atoms with Gasteiger partial charge in [-0.25, -0.2) is 0 Å². The second-order valence-electron chi connectivity index (χ2n) is 5.66. The second kappa shape index (κ2) is 3.38. The number of hydrogen-bond donors (Lipinski definition) is 0. The van der Waals surface area contributed by atoms with Gasteiger partial charge in [0.2, 0.25) is 0 Å². The van der Waals surface area contributed by atoms with E-state index in [1.54, 1.807) is 6.42 Å². The third-order valence-corrected chi connectivity index (χ3v) is 4.86. The standard InChI is InChI=1S/C12H20ClN/c1-8(13)5-14-6-11-9-2-3-10(4-9)12(11)7-14/h8-12H,2-7H2,1H3/t8-,9-,10+,11-,12+/m1/s1. The zero-order valence-corrected chi connectivity index (χ0v) is 9.71. The van der Waals surface area contributed by atoms with Crippen molar-refractivity contribution in [3.8, 4) is 0 Å². The molecule has 0 unspecified atom stereocenters. The van der Waals surface area contributed by atoms with Gasteiger partial charge in [0, 0.05) is 25.0 Å². The van der Waals surface area contributed by atoms with E-state index in [-0.39, 0.29) is 0 Å². The van der Waals surface area contributed by atoms with E-state index in [4.69, 9.17) is 11.6 Å². The Labute approximate surface area is 91.8 Å². The first-order valence-electron chi connectivity index (χ1n) is 6.10. The molecule has 2 saturated carbocycles. The number of rotatable bonds is 2. The van der Waals surface area contributed by atoms with E-state index in [0.717, 1.165) is 30.2 Å². The summed E-state index contributed by atoms with van der Waals surface area (Å²) in [7, 11) is 0. The minimum absolute atomic E-state index is 0.325. The molecule has 0 spiro atoms. The second-order valence-corrected chi connectivity index (χ2v) is 6.41. The van der Waals surface area contributed by atoms with E-state index in [9.17, 15) is 0 Å². The maximum Gasteiger partial charge on any atom is 0.0435 e. The van der Waals surface area contributed by atoms with Crippen molar-refractivity contribution in [1.82, 2.24) is 4.90 Å². The normalized spacial score (nSPS) is 48.4. The van der Waals surface area contributed by atoms with Crippen LogP contribution >= 0.6 is 11.6 Å². The fourth-order valence-corrected chi connectivity index (χ4v) is 4.47. The molecule has 2 aliphatic carbocycles. The van der Waals surface area contributed by atoms with Gasteiger partial charge in [0.1, 0.15) is 0 Å². The highest BCUT2D eigenvalue weighted by Gasteiger charge is 2.51. The lowest BCUT2D eigenvalue weighted by molar-refractivity contribution is 0.281. The lowest BCUT2D eigenvalue weighted by Crippen LogP contribution is -2.28. The molecule has 0 radical (unpaired) electrons. The largest absolute Gasteiger partial charge is 0.301 e. The predicted octanol–water partition coefficient (Wildman–Crippen LogP) is 2.59. The average Bonchev–Trinajstić information content (AvgIpc) is 2.69. The van der Waals surface area contributed by atoms with E-state index in [2.05, 4.69) is 11.8 Å². The van der Waals surface area contributed by atoms with Gasteiger partial charge < -0.3 is 4.90 Å². The summed E-state index contributed by atoms with van der Waals surface area (Å²) in [6.07, 6.45) is 4.60. The topological polar surface area (TPSA) is 3.24 Å². The molecule has 3 aliphatic rings. The molecule has 0 aromatic rings. The van der Waals surface area contributed by atoms with E-state index >= 15 is 0 Å². The molecule has 1 nitrogen and oxygen atoms in total. The van der Waals surface area contributed by atoms with Crippen LogP contribution in [0.5, 0.6) is 0 Å². The number of halogens is 1. The van der Waals surface area contributed by atoms with Crippen molar-refractivity contribution in [3.05, 3.63) is 0 Å². The quantitative estimate of drug-likeness (QED) is 0.638. The summed E-state index contributed by atoms with van der Waals surface area (Å²) in [5.41, 5.74) is 0. The Morgan fingerprint density at radius 3 is 2.29 bits per heavy atom. The first-order valence-corrected chi connectivity index (χ1v) is 6.54. The molecule has 0 aromatic carbocycles. The summed E-state index contributed by atoms with van der Waals surface area (Å²) in [6, 6.07) is 0. The Kier molecular flexibility index (Phi) is 2.29. The molecule has 1 aliphatic heterocycles. The SMILES string of the molecule is C[C@@H](Cl)CN1C[C@@H]2[C@@H]3CC[C@@H](C3)[C@@H]2C1. The third kappa shape index (κ3) is 1.40. The molecule has 0 amide bonds. The maximum atomic E-state index is 6.06. The smallest absolute Gasteiger partial charge is 0.0435 e. The van der Waals surface area contributed by atoms with Crippen molar-refractivity contribution in [2.75, 3.05) is 19.6 Å². The van der Waals surface area contributed by atoms with Crippen LogP contribution in [0.1, 0.15) is 26.2 Å². The van der Waals surface area contributed by atoms with Gasteiger partial charge in [0.15, 0.2) is 0 Å². The lowest BCUT2D eigenvalue weighted by Gasteiger charge is -2.22. The van der Waals surface area contributed by atoms with Crippen LogP contribution in [-0.2, 0) is 0 Å². The number of fused-ring (bicyclic) bond motifs is 5. The van der Waals surface area contributed by atoms with Gasteiger partial charge in [-0.2, -0.15) is 0 Å². The molecule has 2 heteroatoms. The monoisotopic (exact) mass is 213 g/mol. The zero-order valence-electron chi connectivity index (χ0n) is 8.95. The first kappa shape index (κ1) is 9.47. The summed E-state index contributed by atoms with van der Waals surface area (Å²) in [6.45, 7) is 5.92. The van der Waals surface area contributed by atoms with Gasteiger partial charge in [0.05, 0.1) is 0 Å². The van der Waals surface area contributed by atoms with Crippen molar-refractivity contribution in [1.29, 1.82) is 0 Å². The molecule has 2 bridgehead atoms. The van der Waals surface area contributed by atoms with Crippen LogP contribution in [-0.4, -0.2) is 29.9 Å². The number of nitrogens with zero attached hydrogens (tertiary/aromatic N) is 1. The summed E-state index contributed by atoms with van der Waals surface area (Å²) in [5.74, 6) is 4.26. The highest BCUT2D eigenvalue weighted by atomic mass is 35.5. The summed E-state index contributed by atoms with van der Waals surface area (Å²) in [4.78, 5) is 2.61. The highest BCUT2D eigenvalue weighted by molar-refractivity contribution is 6.20. The van der Waals surface area contributed by atoms with Crippen LogP contribution in [0.2, 0.25) is 0 Å². The van der Waals surface area contributed by atoms with Crippen LogP contribution in [0.3, 0.4) is 0 Å². The highest BCUT2D eigenvalue weighted by Crippen LogP contribution is 2.55. The van der Waals surface area contributed by atoms with Crippen molar-refractivity contribution in [3.63, 3.8) is 0 Å². The third-order valence-electron chi connectivity index (χ3n) is 4.72. The Morgan fingerprint density at radius 2 is 1.79 bits per heavy atom. The molecule has 5 atom stereocenters. The average molecular weight is 214 g/mol. The summed E-state index contributed by atoms with van der Waals surface area (Å²) < 4.78 is 0. The van der Waals surface area contributed by atoms with Crippen molar-refractivity contribution in [2.24, 2.45) is 23.7 Å². The number of hydrogen-bond acceptors (Lipinski definition) is 1. The van der Waals surface area contributed by atoms with Crippen LogP contribution < -0.4 is 0 Å². The van der Waals surface area contributed by atoms with Crippen LogP contribution in [0.4, 0.5) is 0 Å². The van der Waals surface area contributed by atoms with E-state index in [0.29, 0.717) is 5.38 Å². The van der Waals surface area contributed by atoms with E-state index in [1.807, 2.05) is 0 Å². The van der Waals surface area contributed by atoms with Gasteiger partial charge in [-0.15, -0.1) is 11.6 Å². The Balaban J connectivity index is 1.65. The zero-order chi connectivity index (χ0) is 9.71. The summed E-state index contributed by atoms with van der Waals surface area (Å²) >= 11 is 6.06. The maximum absolute atomic E-state index is 6.06. The summed E-state index contributed by atoms with van der Waals surface area (Å²) in [5, 5.41) is 0.325. The number of likely N-dealkylation sites (tertiary alicyclic amines) is 1. The molecule has 0 aromatic heterocycles. The molecule has 80 valence electrons. The van der Waals surface area contributed by atoms with Crippen molar-refractivity contribution < 1.29 is 0 Å². The van der Waals surface area contributed by atoms with Gasteiger partial charge in [-0.05, 0) is 49.9 Å². The van der Waals surface area contributed by atoms with Crippen LogP contribution in [0.15, 0.2) is 0 Å². The molecule has 3 rings (SSSR count). The van der Waals surface area contributed by atoms with Crippen LogP contribution in [0.25, 0.3) is 0 Å². The van der Waals surface area contributed by atoms with Crippen LogP contribution in [0, 0.1) is 23.7 Å². The molecule has 1 heterocycles. The predicted molar refractivity (Wildman–Crippen MR) is 59.6 cm³/mol. The minimum atomic E-state index is 0.325. The molecule has 3 fully saturated rings. The molecular formula is C12H20ClN. The Bertz CT molecular complexity index is 210. The number of alkyl halides is 1. The Morgan fingerprint density at radius 1 is 1.21 bits per heavy atom. The molecule has 1 saturated heterocycles. The molecular weight excluding hydrogens is 194 g/mol. The van der Waals surface area contributed by atoms with Crippen molar-refractivity contribution >= 4 is 11.6 Å². The van der Waals surface area contributed by atoms with Gasteiger partial charge in [-0.1, -0.05) is 0 Å². The fraction of sp³-hybridized carbons (Fsp3) is 1.00. The van der Waals surface area contributed by atoms with Crippen molar-refractivity contribution in [2.45, 2.75) is 31.6 Å². The Hall–Kier alpha value is 0.250. The van der Waals surface area contributed by atoms with Gasteiger partial charge in [0.25, 0.3) is 0 Å². The van der Waals surface area contributed by atoms with Gasteiger partial charge in [-0.3, -0.25) is 0 Å². The first-order chi connectivity index (χ1) is 6.74. The lowest BCUT2D eigenvalue weighted by atomic mass is 9.82. The van der Waals surface area contributed by atoms with E-state index < -0.39 is 0 Å². The van der Waals surface area contributed by atoms with E-state index in [1.165, 1.54) is 25.9 Å². The fourth-order valence-electron chi connectivity index (χ4n) is 4.27. The van der Waals surface area contributed by atoms with Gasteiger partial charge >= 0.3 is 0 Å². The molecule has 14 heavy (non-hydrogen) atoms. The minimum Gasteiger partial charge on any atom is -0.301 e.